The molecule has 64 valence electrons. The average molecular weight is 160 g/mol. The Labute approximate surface area is 64.1 Å². The van der Waals surface area contributed by atoms with Gasteiger partial charge in [0.1, 0.15) is 0 Å². The van der Waals surface area contributed by atoms with Crippen LogP contribution in [-0.2, 0) is 4.79 Å². The molecule has 0 rings (SSSR count). The van der Waals surface area contributed by atoms with Gasteiger partial charge in [0.25, 0.3) is 0 Å². The monoisotopic (exact) mass is 160 g/mol. The molecule has 0 aliphatic heterocycles. The van der Waals surface area contributed by atoms with Gasteiger partial charge in [0.05, 0.1) is 0 Å². The zero-order valence-corrected chi connectivity index (χ0v) is 6.03. The SMILES string of the molecule is NCCC(N=C(N)N)C(=O)O. The Morgan fingerprint density at radius 2 is 2.09 bits per heavy atom. The third-order valence-electron chi connectivity index (χ3n) is 1.03. The fourth-order valence-electron chi connectivity index (χ4n) is 0.581. The second-order valence-corrected chi connectivity index (χ2v) is 1.99. The normalized spacial score (nSPS) is 12.1. The second-order valence-electron chi connectivity index (χ2n) is 1.99. The smallest absolute Gasteiger partial charge is 0.328 e. The topological polar surface area (TPSA) is 128 Å². The van der Waals surface area contributed by atoms with Crippen molar-refractivity contribution in [2.75, 3.05) is 6.54 Å². The van der Waals surface area contributed by atoms with Crippen molar-refractivity contribution in [2.45, 2.75) is 12.5 Å². The molecule has 0 bridgehead atoms. The largest absolute Gasteiger partial charge is 0.480 e. The molecule has 1 atom stereocenters. The van der Waals surface area contributed by atoms with Crippen molar-refractivity contribution in [1.82, 2.24) is 0 Å². The molecule has 0 radical (unpaired) electrons. The van der Waals surface area contributed by atoms with Gasteiger partial charge >= 0.3 is 5.97 Å². The van der Waals surface area contributed by atoms with E-state index in [-0.39, 0.29) is 18.9 Å². The van der Waals surface area contributed by atoms with Crippen LogP contribution in [0.15, 0.2) is 4.99 Å². The fraction of sp³-hybridized carbons (Fsp3) is 0.600. The molecule has 0 spiro atoms. The number of hydrogen-bond donors (Lipinski definition) is 4. The summed E-state index contributed by atoms with van der Waals surface area (Å²) < 4.78 is 0. The van der Waals surface area contributed by atoms with Gasteiger partial charge in [-0.25, -0.2) is 9.79 Å². The lowest BCUT2D eigenvalue weighted by atomic mass is 10.2. The number of carboxylic acid groups (broad SMARTS) is 1. The van der Waals surface area contributed by atoms with E-state index in [1.165, 1.54) is 0 Å². The highest BCUT2D eigenvalue weighted by atomic mass is 16.4. The van der Waals surface area contributed by atoms with E-state index < -0.39 is 12.0 Å². The van der Waals surface area contributed by atoms with Crippen LogP contribution in [0.5, 0.6) is 0 Å². The van der Waals surface area contributed by atoms with E-state index >= 15 is 0 Å². The number of hydrogen-bond acceptors (Lipinski definition) is 3. The molecule has 0 amide bonds. The molecule has 0 heterocycles. The number of nitrogens with two attached hydrogens (primary N) is 3. The summed E-state index contributed by atoms with van der Waals surface area (Å²) in [7, 11) is 0. The first-order valence-corrected chi connectivity index (χ1v) is 3.09. The molecule has 7 N–H and O–H groups in total. The standard InChI is InChI=1S/C5H12N4O2/c6-2-1-3(4(10)11)9-5(7)8/h3H,1-2,6H2,(H,10,11)(H4,7,8,9). The molecule has 0 fully saturated rings. The number of aliphatic carboxylic acids is 1. The van der Waals surface area contributed by atoms with Crippen molar-refractivity contribution in [3.05, 3.63) is 0 Å². The molecular formula is C5H12N4O2. The second kappa shape index (κ2) is 4.51. The summed E-state index contributed by atoms with van der Waals surface area (Å²) in [4.78, 5) is 13.8. The molecule has 0 aromatic carbocycles. The zero-order valence-electron chi connectivity index (χ0n) is 6.03. The Morgan fingerprint density at radius 1 is 1.55 bits per heavy atom. The van der Waals surface area contributed by atoms with Crippen LogP contribution < -0.4 is 17.2 Å². The van der Waals surface area contributed by atoms with Crippen molar-refractivity contribution in [1.29, 1.82) is 0 Å². The van der Waals surface area contributed by atoms with E-state index in [0.29, 0.717) is 0 Å². The van der Waals surface area contributed by atoms with E-state index in [2.05, 4.69) is 4.99 Å². The highest BCUT2D eigenvalue weighted by molar-refractivity contribution is 5.81. The molecule has 11 heavy (non-hydrogen) atoms. The predicted molar refractivity (Wildman–Crippen MR) is 40.9 cm³/mol. The third kappa shape index (κ3) is 4.15. The minimum atomic E-state index is -1.07. The number of carboxylic acids is 1. The van der Waals surface area contributed by atoms with Gasteiger partial charge in [-0.05, 0) is 13.0 Å². The fourth-order valence-corrected chi connectivity index (χ4v) is 0.581. The minimum Gasteiger partial charge on any atom is -0.480 e. The lowest BCUT2D eigenvalue weighted by molar-refractivity contribution is -0.138. The van der Waals surface area contributed by atoms with E-state index in [1.54, 1.807) is 0 Å². The van der Waals surface area contributed by atoms with Crippen LogP contribution in [0.2, 0.25) is 0 Å². The Morgan fingerprint density at radius 3 is 2.36 bits per heavy atom. The number of aliphatic imine (C=N–C) groups is 1. The van der Waals surface area contributed by atoms with Crippen molar-refractivity contribution >= 4 is 11.9 Å². The maximum atomic E-state index is 10.4. The summed E-state index contributed by atoms with van der Waals surface area (Å²) in [5.41, 5.74) is 15.1. The van der Waals surface area contributed by atoms with Gasteiger partial charge in [-0.1, -0.05) is 0 Å². The van der Waals surface area contributed by atoms with E-state index in [4.69, 9.17) is 22.3 Å². The van der Waals surface area contributed by atoms with Crippen LogP contribution in [0.25, 0.3) is 0 Å². The van der Waals surface area contributed by atoms with Gasteiger partial charge in [-0.3, -0.25) is 0 Å². The van der Waals surface area contributed by atoms with Gasteiger partial charge in [-0.2, -0.15) is 0 Å². The lowest BCUT2D eigenvalue weighted by Gasteiger charge is -2.04. The number of carbonyl (C=O) groups is 1. The first kappa shape index (κ1) is 9.70. The van der Waals surface area contributed by atoms with Crippen LogP contribution in [0, 0.1) is 0 Å². The van der Waals surface area contributed by atoms with Gasteiger partial charge in [0.15, 0.2) is 12.0 Å². The number of guanidine groups is 1. The Balaban J connectivity index is 4.11. The average Bonchev–Trinajstić information content (AvgIpc) is 1.86. The summed E-state index contributed by atoms with van der Waals surface area (Å²) >= 11 is 0. The van der Waals surface area contributed by atoms with Gasteiger partial charge in [0.2, 0.25) is 0 Å². The van der Waals surface area contributed by atoms with Crippen LogP contribution in [0.4, 0.5) is 0 Å². The van der Waals surface area contributed by atoms with Crippen molar-refractivity contribution in [3.63, 3.8) is 0 Å². The maximum Gasteiger partial charge on any atom is 0.328 e. The summed E-state index contributed by atoms with van der Waals surface area (Å²) in [5, 5.41) is 8.48. The van der Waals surface area contributed by atoms with Gasteiger partial charge < -0.3 is 22.3 Å². The molecule has 0 aromatic rings. The summed E-state index contributed by atoms with van der Waals surface area (Å²) in [6, 6.07) is -0.912. The predicted octanol–water partition coefficient (Wildman–Crippen LogP) is -1.94. The molecule has 0 saturated carbocycles. The number of rotatable bonds is 4. The van der Waals surface area contributed by atoms with Crippen LogP contribution in [-0.4, -0.2) is 29.6 Å². The zero-order chi connectivity index (χ0) is 8.85. The first-order valence-electron chi connectivity index (χ1n) is 3.09. The van der Waals surface area contributed by atoms with Crippen LogP contribution in [0.3, 0.4) is 0 Å². The minimum absolute atomic E-state index is 0.231. The Kier molecular flexibility index (Phi) is 3.97. The molecule has 6 nitrogen and oxygen atoms in total. The van der Waals surface area contributed by atoms with Gasteiger partial charge in [0, 0.05) is 0 Å². The highest BCUT2D eigenvalue weighted by Crippen LogP contribution is 1.95. The van der Waals surface area contributed by atoms with Gasteiger partial charge in [-0.15, -0.1) is 0 Å². The Bertz CT molecular complexity index is 164. The summed E-state index contributed by atoms with van der Waals surface area (Å²) in [6.07, 6.45) is 0.243. The van der Waals surface area contributed by atoms with E-state index in [1.807, 2.05) is 0 Å². The quantitative estimate of drug-likeness (QED) is 0.281. The van der Waals surface area contributed by atoms with E-state index in [0.717, 1.165) is 0 Å². The first-order chi connectivity index (χ1) is 5.07. The van der Waals surface area contributed by atoms with Crippen molar-refractivity contribution in [2.24, 2.45) is 22.2 Å². The summed E-state index contributed by atoms with van der Waals surface area (Å²) in [6.45, 7) is 0.244. The number of nitrogens with zero attached hydrogens (tertiary/aromatic N) is 1. The molecule has 1 unspecified atom stereocenters. The van der Waals surface area contributed by atoms with Crippen molar-refractivity contribution in [3.8, 4) is 0 Å². The molecule has 0 aliphatic carbocycles. The maximum absolute atomic E-state index is 10.4. The molecular weight excluding hydrogens is 148 g/mol. The van der Waals surface area contributed by atoms with Crippen LogP contribution in [0.1, 0.15) is 6.42 Å². The molecule has 0 saturated heterocycles. The highest BCUT2D eigenvalue weighted by Gasteiger charge is 2.14. The van der Waals surface area contributed by atoms with Crippen LogP contribution >= 0.6 is 0 Å². The lowest BCUT2D eigenvalue weighted by Crippen LogP contribution is -2.30. The molecule has 0 aliphatic rings. The molecule has 0 aromatic heterocycles. The van der Waals surface area contributed by atoms with E-state index in [9.17, 15) is 4.79 Å². The summed E-state index contributed by atoms with van der Waals surface area (Å²) in [5.74, 6) is -1.30. The van der Waals surface area contributed by atoms with Crippen molar-refractivity contribution < 1.29 is 9.90 Å². The molecule has 6 heteroatoms. The third-order valence-corrected chi connectivity index (χ3v) is 1.03. The Hall–Kier alpha value is -1.30.